The van der Waals surface area contributed by atoms with Crippen molar-refractivity contribution in [3.05, 3.63) is 327 Å². The van der Waals surface area contributed by atoms with Crippen LogP contribution in [0.15, 0.2) is 280 Å². The maximum Gasteiger partial charge on any atom is 0.454 e. The van der Waals surface area contributed by atoms with Gasteiger partial charge in [-0.15, -0.1) is 0 Å². The molecule has 0 spiro atoms. The Hall–Kier alpha value is -17.1. The van der Waals surface area contributed by atoms with E-state index in [0.717, 1.165) is 49.5 Å². The molecule has 10 aromatic heterocycles. The van der Waals surface area contributed by atoms with Crippen LogP contribution in [0.5, 0.6) is 28.7 Å². The Morgan fingerprint density at radius 2 is 0.493 bits per heavy atom. The van der Waals surface area contributed by atoms with Gasteiger partial charge in [0.15, 0.2) is 11.4 Å². The van der Waals surface area contributed by atoms with E-state index in [4.69, 9.17) is 32.1 Å². The van der Waals surface area contributed by atoms with E-state index in [-0.39, 0.29) is 72.7 Å². The molecule has 0 bridgehead atoms. The summed E-state index contributed by atoms with van der Waals surface area (Å²) in [7, 11) is 3.20. The van der Waals surface area contributed by atoms with Crippen molar-refractivity contribution in [1.29, 1.82) is 0 Å². The van der Waals surface area contributed by atoms with Crippen LogP contribution < -0.4 is 9.47 Å². The number of phenols is 3. The Bertz CT molecular complexity index is 8040. The molecule has 0 aliphatic rings. The van der Waals surface area contributed by atoms with Crippen molar-refractivity contribution in [2.45, 2.75) is 93.9 Å². The highest BCUT2D eigenvalue weighted by Crippen LogP contribution is 2.50. The molecule has 5 N–H and O–H groups in total. The van der Waals surface area contributed by atoms with Crippen molar-refractivity contribution in [2.24, 2.45) is 10.3 Å². The fourth-order valence-electron chi connectivity index (χ4n) is 17.8. The molecule has 26 nitrogen and oxygen atoms in total. The minimum absolute atomic E-state index is 0.00990. The number of para-hydroxylation sites is 5. The third kappa shape index (κ3) is 18.6. The van der Waals surface area contributed by atoms with Gasteiger partial charge in [-0.3, -0.25) is 9.59 Å². The van der Waals surface area contributed by atoms with Crippen molar-refractivity contribution >= 4 is 93.4 Å². The lowest BCUT2D eigenvalue weighted by Crippen LogP contribution is -2.24. The number of nitrogens with zero attached hydrogens (tertiary/aromatic N) is 12. The lowest BCUT2D eigenvalue weighted by Gasteiger charge is -2.14. The van der Waals surface area contributed by atoms with E-state index in [9.17, 15) is 88.0 Å². The number of carbonyl (C=O) groups excluding carboxylic acids is 2. The summed E-state index contributed by atoms with van der Waals surface area (Å²) in [6, 6.07) is 67.1. The molecule has 0 unspecified atom stereocenters. The lowest BCUT2D eigenvalue weighted by atomic mass is 9.99. The number of alkyl halides is 12. The number of aromatic hydroxyl groups is 3. The molecule has 0 fully saturated rings. The second-order valence-corrected chi connectivity index (χ2v) is 33.6. The van der Waals surface area contributed by atoms with E-state index >= 15 is 0 Å². The summed E-state index contributed by atoms with van der Waals surface area (Å²) in [5.74, 6) is -0.341. The maximum atomic E-state index is 13.8. The summed E-state index contributed by atoms with van der Waals surface area (Å²) < 4.78 is 211. The smallest absolute Gasteiger partial charge is 0.454 e. The SMILES string of the molecule is COc1ccc(-n2c(-c3c(C)noc3C)c(Br)c3ccccc32)cc1.COc1ccc(-n2c(-c3c(C)noc3C)c(C(=O)C(F)(F)F)c3ccccc32)cc1.Cc1noc(C)c1-c1c(/C(=N/O)C(F)(F)F)c2ccccc2n1-c1ccc(O)cc1.Cc1noc(C)c1-c1c(/C(=N\O)C(F)(F)F)c2ccccc2n1-c1ccc(O)cc1.Cc1noc(C)c1-c1c(C(=O)C(F)(F)F)c2ccccc2n1-c1ccc(O)cc1. The Morgan fingerprint density at radius 3 is 0.708 bits per heavy atom. The molecule has 39 heteroatoms. The lowest BCUT2D eigenvalue weighted by molar-refractivity contribution is -0.0886. The van der Waals surface area contributed by atoms with Crippen LogP contribution in [-0.4, -0.2) is 136 Å². The molecule has 10 heterocycles. The molecular formula is C105H81BrF12N12O14. The quantitative estimate of drug-likeness (QED) is 0.0197. The average Bonchev–Trinajstić information content (AvgIpc) is 1.57. The van der Waals surface area contributed by atoms with Crippen molar-refractivity contribution < 1.29 is 120 Å². The van der Waals surface area contributed by atoms with Crippen molar-refractivity contribution in [3.63, 3.8) is 0 Å². The third-order valence-corrected chi connectivity index (χ3v) is 24.6. The van der Waals surface area contributed by atoms with E-state index in [1.165, 1.54) is 67.8 Å². The van der Waals surface area contributed by atoms with Crippen LogP contribution in [0, 0.1) is 69.2 Å². The van der Waals surface area contributed by atoms with Crippen LogP contribution in [0.4, 0.5) is 52.7 Å². The van der Waals surface area contributed by atoms with Gasteiger partial charge in [-0.25, -0.2) is 0 Å². The molecular weight excluding hydrogens is 1960 g/mol. The van der Waals surface area contributed by atoms with Crippen LogP contribution in [0.1, 0.15) is 89.1 Å². The molecule has 0 aliphatic heterocycles. The summed E-state index contributed by atoms with van der Waals surface area (Å²) >= 11 is 3.80. The van der Waals surface area contributed by atoms with E-state index in [2.05, 4.69) is 80.9 Å². The summed E-state index contributed by atoms with van der Waals surface area (Å²) in [6.45, 7) is 16.8. The van der Waals surface area contributed by atoms with Crippen LogP contribution in [0.25, 0.3) is 139 Å². The number of rotatable bonds is 16. The fraction of sp³-hybridized carbons (Fsp3) is 0.152. The number of aryl methyl sites for hydroxylation is 10. The number of fused-ring (bicyclic) bond motifs is 5. The number of hydrogen-bond donors (Lipinski definition) is 5. The second kappa shape index (κ2) is 39.5. The Labute approximate surface area is 816 Å². The van der Waals surface area contributed by atoms with E-state index < -0.39 is 58.8 Å². The van der Waals surface area contributed by atoms with Gasteiger partial charge in [-0.05, 0) is 237 Å². The Balaban J connectivity index is 0.000000129. The predicted octanol–water partition coefficient (Wildman–Crippen LogP) is 27.4. The zero-order chi connectivity index (χ0) is 103. The monoisotopic (exact) mass is 2040 g/mol. The van der Waals surface area contributed by atoms with Crippen molar-refractivity contribution in [2.75, 3.05) is 14.2 Å². The van der Waals surface area contributed by atoms with E-state index in [1.54, 1.807) is 214 Å². The molecule has 0 aliphatic carbocycles. The van der Waals surface area contributed by atoms with E-state index in [1.807, 2.05) is 38.1 Å². The number of benzene rings is 10. The van der Waals surface area contributed by atoms with Crippen LogP contribution >= 0.6 is 15.9 Å². The fourth-order valence-corrected chi connectivity index (χ4v) is 18.5. The molecule has 10 aromatic carbocycles. The topological polar surface area (TPSA) is 333 Å². The number of hydrogen-bond acceptors (Lipinski definition) is 21. The molecule has 0 saturated carbocycles. The number of aromatic nitrogens is 10. The first-order valence-electron chi connectivity index (χ1n) is 43.5. The minimum atomic E-state index is -5.06. The molecule has 20 rings (SSSR count). The first kappa shape index (κ1) is 99.9. The van der Waals surface area contributed by atoms with Gasteiger partial charge < -0.3 is 80.7 Å². The normalized spacial score (nSPS) is 12.1. The number of Topliss-reactive ketones (excluding diaryl/α,β-unsaturated/α-hetero) is 2. The number of ether oxygens (including phenoxy) is 2. The summed E-state index contributed by atoms with van der Waals surface area (Å²) in [4.78, 5) is 25.0. The first-order chi connectivity index (χ1) is 68.5. The second-order valence-electron chi connectivity index (χ2n) is 32.8. The van der Waals surface area contributed by atoms with Crippen molar-refractivity contribution in [1.82, 2.24) is 48.6 Å². The summed E-state index contributed by atoms with van der Waals surface area (Å²) in [5, 5.41) is 74.5. The molecule has 0 amide bonds. The number of halogens is 13. The molecule has 0 saturated heterocycles. The highest BCUT2D eigenvalue weighted by molar-refractivity contribution is 9.10. The van der Waals surface area contributed by atoms with Gasteiger partial charge in [-0.2, -0.15) is 52.7 Å². The molecule has 736 valence electrons. The highest BCUT2D eigenvalue weighted by atomic mass is 79.9. The van der Waals surface area contributed by atoms with Crippen LogP contribution in [0.2, 0.25) is 0 Å². The number of phenolic OH excluding ortho intramolecular Hbond substituents is 3. The maximum absolute atomic E-state index is 13.8. The predicted molar refractivity (Wildman–Crippen MR) is 517 cm³/mol. The van der Waals surface area contributed by atoms with Gasteiger partial charge in [0.2, 0.25) is 0 Å². The molecule has 20 aromatic rings. The standard InChI is InChI=1S/C22H17F3N2O3.2C21H16F3N3O3.C21H15F3N2O3.C20H17BrN2O2/c1-12-18(13(2)30-26-12)20-19(21(28)22(23,24)25)16-6-4-5-7-17(16)27(20)14-8-10-15(29-3)11-9-14;2*1-11-17(12(2)30-26-11)19-18(20(25-29)21(22,23)24)15-5-3-4-6-16(15)27(19)13-7-9-14(28)10-8-13;1-11-17(12(2)29-25-11)19-18(20(28)21(22,23)24)15-5-3-4-6-16(15)26(19)13-7-9-14(27)10-8-13;1-12-18(13(2)25-22-12)20-19(21)16-6-4-5-7-17(16)23(20)14-8-10-15(24-3)11-9-14/h4-11H,1-3H3;2*3-10,28-29H,1-2H3;3-10,27H,1-2H3;4-11H,1-3H3/b;25-20+;25-20-;;. The molecule has 0 radical (unpaired) electrons. The average molecular weight is 2040 g/mol. The number of oxime groups is 2. The van der Waals surface area contributed by atoms with Gasteiger partial charge in [0.05, 0.1) is 142 Å². The van der Waals surface area contributed by atoms with Crippen LogP contribution in [-0.2, 0) is 0 Å². The van der Waals surface area contributed by atoms with Crippen LogP contribution in [0.3, 0.4) is 0 Å². The zero-order valence-electron chi connectivity index (χ0n) is 77.8. The molecule has 0 atom stereocenters. The van der Waals surface area contributed by atoms with Crippen molar-refractivity contribution in [3.8, 4) is 113 Å². The largest absolute Gasteiger partial charge is 0.508 e. The number of carbonyl (C=O) groups is 2. The summed E-state index contributed by atoms with van der Waals surface area (Å²) in [6.07, 6.45) is -19.9. The first-order valence-corrected chi connectivity index (χ1v) is 44.3. The van der Waals surface area contributed by atoms with Gasteiger partial charge in [0.25, 0.3) is 11.6 Å². The van der Waals surface area contributed by atoms with Gasteiger partial charge in [-0.1, -0.05) is 127 Å². The summed E-state index contributed by atoms with van der Waals surface area (Å²) in [5.41, 5.74) is 7.97. The Kier molecular flexibility index (Phi) is 27.4. The number of ketones is 2. The van der Waals surface area contributed by atoms with Gasteiger partial charge >= 0.3 is 24.7 Å². The zero-order valence-corrected chi connectivity index (χ0v) is 79.4. The van der Waals surface area contributed by atoms with Gasteiger partial charge in [0.1, 0.15) is 57.5 Å². The highest BCUT2D eigenvalue weighted by Gasteiger charge is 2.48. The number of methoxy groups -OCH3 is 2. The minimum Gasteiger partial charge on any atom is -0.508 e. The van der Waals surface area contributed by atoms with Gasteiger partial charge in [0, 0.05) is 66.5 Å². The Morgan fingerprint density at radius 1 is 0.292 bits per heavy atom. The third-order valence-electron chi connectivity index (χ3n) is 23.8. The molecule has 144 heavy (non-hydrogen) atoms. The van der Waals surface area contributed by atoms with E-state index in [0.29, 0.717) is 119 Å².